The van der Waals surface area contributed by atoms with E-state index in [0.717, 1.165) is 85.1 Å². The maximum atomic E-state index is 13.6. The molecule has 282 valence electrons. The van der Waals surface area contributed by atoms with Crippen LogP contribution < -0.4 is 26.4 Å². The van der Waals surface area contributed by atoms with Crippen molar-refractivity contribution in [3.05, 3.63) is 74.8 Å². The quantitative estimate of drug-likeness (QED) is 0.144. The predicted octanol–water partition coefficient (Wildman–Crippen LogP) is 5.65. The van der Waals surface area contributed by atoms with E-state index in [1.807, 2.05) is 58.2 Å². The summed E-state index contributed by atoms with van der Waals surface area (Å²) in [6, 6.07) is 9.79. The fourth-order valence-electron chi connectivity index (χ4n) is 10.2. The third-order valence-corrected chi connectivity index (χ3v) is 12.2. The number of nitrogens with zero attached hydrogens (tertiary/aromatic N) is 3. The summed E-state index contributed by atoms with van der Waals surface area (Å²) in [4.78, 5) is 51.6. The molecule has 0 spiro atoms. The highest BCUT2D eigenvalue weighted by molar-refractivity contribution is 6.06. The summed E-state index contributed by atoms with van der Waals surface area (Å²) in [5.74, 6) is 3.41. The molecule has 11 nitrogen and oxygen atoms in total. The van der Waals surface area contributed by atoms with E-state index in [0.29, 0.717) is 28.9 Å². The molecule has 4 bridgehead atoms. The number of carbonyl (C=O) groups is 2. The van der Waals surface area contributed by atoms with Crippen LogP contribution in [0.4, 0.5) is 11.5 Å². The first-order valence-electron chi connectivity index (χ1n) is 19.6. The number of anilines is 2. The first-order chi connectivity index (χ1) is 25.5. The Balaban J connectivity index is 0.948. The number of carbonyl (C=O) groups excluding carboxylic acids is 2. The number of benzene rings is 1. The van der Waals surface area contributed by atoms with Gasteiger partial charge in [0.25, 0.3) is 11.5 Å². The van der Waals surface area contributed by atoms with Crippen LogP contribution in [-0.4, -0.2) is 78.2 Å². The summed E-state index contributed by atoms with van der Waals surface area (Å²) in [5, 5.41) is 17.8. The van der Waals surface area contributed by atoms with Crippen LogP contribution in [0, 0.1) is 42.4 Å². The molecule has 11 heteroatoms. The molecule has 3 aromatic rings. The fourth-order valence-corrected chi connectivity index (χ4v) is 10.2. The lowest BCUT2D eigenvalue weighted by atomic mass is 9.49. The second-order valence-corrected chi connectivity index (χ2v) is 16.7. The molecule has 2 amide bonds. The van der Waals surface area contributed by atoms with E-state index in [9.17, 15) is 14.4 Å². The largest absolute Gasteiger partial charge is 0.382 e. The maximum Gasteiger partial charge on any atom is 0.253 e. The minimum absolute atomic E-state index is 0.0781. The van der Waals surface area contributed by atoms with E-state index in [1.165, 1.54) is 44.7 Å². The third-order valence-electron chi connectivity index (χ3n) is 12.2. The topological polar surface area (TPSA) is 146 Å². The first kappa shape index (κ1) is 36.8. The van der Waals surface area contributed by atoms with Crippen molar-refractivity contribution in [1.29, 1.82) is 5.41 Å². The summed E-state index contributed by atoms with van der Waals surface area (Å²) < 4.78 is 0. The van der Waals surface area contributed by atoms with Gasteiger partial charge in [0.1, 0.15) is 5.82 Å². The van der Waals surface area contributed by atoms with Gasteiger partial charge < -0.3 is 31.2 Å². The van der Waals surface area contributed by atoms with Crippen molar-refractivity contribution < 1.29 is 9.59 Å². The Morgan fingerprint density at radius 2 is 1.68 bits per heavy atom. The Kier molecular flexibility index (Phi) is 10.7. The maximum absolute atomic E-state index is 13.6. The number of aromatic nitrogens is 2. The number of H-pyrrole nitrogens is 1. The summed E-state index contributed by atoms with van der Waals surface area (Å²) in [6.07, 6.45) is 11.8. The van der Waals surface area contributed by atoms with Gasteiger partial charge in [0.05, 0.1) is 5.56 Å². The van der Waals surface area contributed by atoms with Gasteiger partial charge in [0.15, 0.2) is 0 Å². The van der Waals surface area contributed by atoms with Crippen LogP contribution in [0.5, 0.6) is 0 Å². The van der Waals surface area contributed by atoms with E-state index >= 15 is 0 Å². The van der Waals surface area contributed by atoms with Crippen LogP contribution in [0.1, 0.15) is 91.5 Å². The van der Waals surface area contributed by atoms with Gasteiger partial charge in [-0.3, -0.25) is 19.3 Å². The van der Waals surface area contributed by atoms with Crippen LogP contribution in [0.3, 0.4) is 0 Å². The monoisotopic (exact) mass is 720 g/mol. The molecule has 2 aromatic heterocycles. The second-order valence-electron chi connectivity index (χ2n) is 16.7. The van der Waals surface area contributed by atoms with Crippen LogP contribution in [0.25, 0.3) is 11.1 Å². The number of hydrogen-bond donors (Lipinski definition) is 5. The van der Waals surface area contributed by atoms with E-state index < -0.39 is 0 Å². The van der Waals surface area contributed by atoms with Gasteiger partial charge in [0.2, 0.25) is 5.91 Å². The molecule has 8 rings (SSSR count). The van der Waals surface area contributed by atoms with Crippen LogP contribution >= 0.6 is 0 Å². The molecule has 4 saturated carbocycles. The lowest BCUT2D eigenvalue weighted by Gasteiger charge is -2.56. The number of aryl methyl sites for hydroxylation is 2. The number of pyridine rings is 2. The summed E-state index contributed by atoms with van der Waals surface area (Å²) in [7, 11) is 0. The van der Waals surface area contributed by atoms with Crippen molar-refractivity contribution in [3.63, 3.8) is 0 Å². The molecular weight excluding hydrogens is 665 g/mol. The predicted molar refractivity (Wildman–Crippen MR) is 211 cm³/mol. The third kappa shape index (κ3) is 8.35. The standard InChI is InChI=1S/C42H56N8O3/c1-26(2)47-37-18-33(17-34(35(37)23-43)40(52)46-25-36-27(3)13-28(4)48-41(36)53)32-5-6-38(45-24-32)50-11-9-49(10-12-50)8-7-44-39(51)22-42-19-29-14-30(20-42)16-31(15-29)21-42/h5-6,13,17-18,23-24,26,29-31,43,47H,7-12,14-16,19-22,25H2,1-4H3,(H,44,51)(H,46,52)(H,48,53). The Bertz CT molecular complexity index is 1860. The van der Waals surface area contributed by atoms with Gasteiger partial charge in [-0.05, 0) is 131 Å². The van der Waals surface area contributed by atoms with Gasteiger partial charge >= 0.3 is 0 Å². The molecule has 5 fully saturated rings. The van der Waals surface area contributed by atoms with E-state index in [-0.39, 0.29) is 35.4 Å². The smallest absolute Gasteiger partial charge is 0.253 e. The average molecular weight is 721 g/mol. The highest BCUT2D eigenvalue weighted by Gasteiger charge is 2.51. The molecule has 1 aromatic carbocycles. The number of rotatable bonds is 13. The molecule has 5 N–H and O–H groups in total. The Hall–Kier alpha value is -4.51. The average Bonchev–Trinajstić information content (AvgIpc) is 3.10. The zero-order valence-electron chi connectivity index (χ0n) is 31.8. The number of nitrogens with one attached hydrogen (secondary N) is 5. The van der Waals surface area contributed by atoms with Gasteiger partial charge in [-0.25, -0.2) is 4.98 Å². The lowest BCUT2D eigenvalue weighted by molar-refractivity contribution is -0.129. The first-order valence-corrected chi connectivity index (χ1v) is 19.6. The SMILES string of the molecule is Cc1cc(C)c(CNC(=O)c2cc(-c3ccc(N4CCN(CCNC(=O)CC56CC7CC(CC(C7)C5)C6)CC4)nc3)cc(NC(C)C)c2C=N)c(=O)[nH]1. The van der Waals surface area contributed by atoms with Crippen molar-refractivity contribution in [2.45, 2.75) is 85.2 Å². The molecule has 1 saturated heterocycles. The van der Waals surface area contributed by atoms with Crippen molar-refractivity contribution in [3.8, 4) is 11.1 Å². The van der Waals surface area contributed by atoms with Crippen molar-refractivity contribution in [1.82, 2.24) is 25.5 Å². The summed E-state index contributed by atoms with van der Waals surface area (Å²) in [6.45, 7) is 12.9. The number of piperazine rings is 1. The van der Waals surface area contributed by atoms with E-state index in [2.05, 4.69) is 30.7 Å². The summed E-state index contributed by atoms with van der Waals surface area (Å²) in [5.41, 5.74) is 5.35. The van der Waals surface area contributed by atoms with Gasteiger partial charge in [0, 0.05) is 98.8 Å². The van der Waals surface area contributed by atoms with Crippen LogP contribution in [0.2, 0.25) is 0 Å². The van der Waals surface area contributed by atoms with Crippen LogP contribution in [0.15, 0.2) is 41.3 Å². The molecule has 0 radical (unpaired) electrons. The van der Waals surface area contributed by atoms with E-state index in [4.69, 9.17) is 10.4 Å². The molecule has 5 aliphatic rings. The summed E-state index contributed by atoms with van der Waals surface area (Å²) >= 11 is 0. The van der Waals surface area contributed by atoms with Gasteiger partial charge in [-0.15, -0.1) is 0 Å². The minimum Gasteiger partial charge on any atom is -0.382 e. The highest BCUT2D eigenvalue weighted by Crippen LogP contribution is 2.61. The molecular formula is C42H56N8O3. The van der Waals surface area contributed by atoms with Gasteiger partial charge in [-0.1, -0.05) is 0 Å². The molecule has 0 unspecified atom stereocenters. The number of amides is 2. The molecule has 0 atom stereocenters. The second kappa shape index (κ2) is 15.5. The highest BCUT2D eigenvalue weighted by atomic mass is 16.2. The molecule has 4 aliphatic carbocycles. The van der Waals surface area contributed by atoms with Crippen LogP contribution in [-0.2, 0) is 11.3 Å². The normalized spacial score (nSPS) is 23.6. The van der Waals surface area contributed by atoms with Crippen molar-refractivity contribution in [2.24, 2.45) is 23.2 Å². The van der Waals surface area contributed by atoms with Crippen molar-refractivity contribution in [2.75, 3.05) is 49.5 Å². The zero-order valence-corrected chi connectivity index (χ0v) is 31.8. The molecule has 3 heterocycles. The number of aromatic amines is 1. The molecule has 1 aliphatic heterocycles. The Labute approximate surface area is 313 Å². The minimum atomic E-state index is -0.360. The van der Waals surface area contributed by atoms with E-state index in [1.54, 1.807) is 6.07 Å². The molecule has 53 heavy (non-hydrogen) atoms. The zero-order chi connectivity index (χ0) is 37.3. The number of hydrogen-bond acceptors (Lipinski definition) is 8. The van der Waals surface area contributed by atoms with Crippen molar-refractivity contribution >= 4 is 29.5 Å². The van der Waals surface area contributed by atoms with Gasteiger partial charge in [-0.2, -0.15) is 0 Å². The lowest BCUT2D eigenvalue weighted by Crippen LogP contribution is -2.50. The Morgan fingerprint density at radius 1 is 0.981 bits per heavy atom. The fraction of sp³-hybridized carbons (Fsp3) is 0.548. The Morgan fingerprint density at radius 3 is 2.28 bits per heavy atom.